The van der Waals surface area contributed by atoms with Crippen LogP contribution >= 0.6 is 15.9 Å². The molecule has 0 radical (unpaired) electrons. The van der Waals surface area contributed by atoms with Gasteiger partial charge >= 0.3 is 0 Å². The van der Waals surface area contributed by atoms with Crippen LogP contribution in [0.1, 0.15) is 21.5 Å². The van der Waals surface area contributed by atoms with Crippen LogP contribution < -0.4 is 11.1 Å². The predicted molar refractivity (Wildman–Crippen MR) is 80.9 cm³/mol. The maximum Gasteiger partial charge on any atom is 0.252 e. The summed E-state index contributed by atoms with van der Waals surface area (Å²) in [6.07, 6.45) is 0. The van der Waals surface area contributed by atoms with Gasteiger partial charge in [-0.2, -0.15) is 0 Å². The van der Waals surface area contributed by atoms with E-state index in [0.717, 1.165) is 15.6 Å². The van der Waals surface area contributed by atoms with Crippen molar-refractivity contribution in [2.75, 3.05) is 5.73 Å². The second-order valence-corrected chi connectivity index (χ2v) is 5.16. The summed E-state index contributed by atoms with van der Waals surface area (Å²) >= 11 is 3.44. The number of nitrogens with two attached hydrogens (primary N) is 1. The van der Waals surface area contributed by atoms with Gasteiger partial charge in [-0.25, -0.2) is 0 Å². The Morgan fingerprint density at radius 3 is 2.74 bits per heavy atom. The molecule has 0 unspecified atom stereocenters. The van der Waals surface area contributed by atoms with E-state index >= 15 is 0 Å². The summed E-state index contributed by atoms with van der Waals surface area (Å²) in [5.41, 5.74) is 9.06. The molecule has 3 N–H and O–H groups in total. The Morgan fingerprint density at radius 1 is 1.26 bits per heavy atom. The van der Waals surface area contributed by atoms with Crippen molar-refractivity contribution < 1.29 is 4.79 Å². The number of carbonyl (C=O) groups is 1. The Hall–Kier alpha value is -1.81. The quantitative estimate of drug-likeness (QED) is 0.853. The van der Waals surface area contributed by atoms with Crippen LogP contribution in [-0.2, 0) is 6.54 Å². The highest BCUT2D eigenvalue weighted by Gasteiger charge is 2.10. The molecule has 2 rings (SSSR count). The van der Waals surface area contributed by atoms with E-state index < -0.39 is 0 Å². The summed E-state index contributed by atoms with van der Waals surface area (Å²) in [6, 6.07) is 13.1. The van der Waals surface area contributed by atoms with Crippen molar-refractivity contribution >= 4 is 27.5 Å². The van der Waals surface area contributed by atoms with Crippen LogP contribution in [0.15, 0.2) is 46.9 Å². The number of aryl methyl sites for hydroxylation is 1. The normalized spacial score (nSPS) is 10.2. The molecule has 0 atom stereocenters. The monoisotopic (exact) mass is 318 g/mol. The number of benzene rings is 2. The van der Waals surface area contributed by atoms with Crippen molar-refractivity contribution in [1.29, 1.82) is 0 Å². The zero-order chi connectivity index (χ0) is 13.8. The molecule has 98 valence electrons. The smallest absolute Gasteiger partial charge is 0.252 e. The lowest BCUT2D eigenvalue weighted by atomic mass is 10.1. The Kier molecular flexibility index (Phi) is 4.22. The maximum atomic E-state index is 12.1. The number of carbonyl (C=O) groups excluding carboxylic acids is 1. The van der Waals surface area contributed by atoms with Crippen molar-refractivity contribution in [2.24, 2.45) is 0 Å². The molecule has 0 aliphatic carbocycles. The van der Waals surface area contributed by atoms with Crippen molar-refractivity contribution in [3.8, 4) is 0 Å². The highest BCUT2D eigenvalue weighted by Crippen LogP contribution is 2.21. The summed E-state index contributed by atoms with van der Waals surface area (Å²) in [4.78, 5) is 12.1. The molecule has 0 saturated carbocycles. The van der Waals surface area contributed by atoms with E-state index in [1.54, 1.807) is 6.07 Å². The van der Waals surface area contributed by atoms with Gasteiger partial charge in [0.15, 0.2) is 0 Å². The first-order valence-electron chi connectivity index (χ1n) is 5.95. The molecule has 0 aromatic heterocycles. The van der Waals surface area contributed by atoms with Gasteiger partial charge in [-0.05, 0) is 52.2 Å². The van der Waals surface area contributed by atoms with Crippen LogP contribution in [0.5, 0.6) is 0 Å². The zero-order valence-electron chi connectivity index (χ0n) is 10.6. The number of nitrogen functional groups attached to an aromatic ring is 1. The molecule has 2 aromatic rings. The zero-order valence-corrected chi connectivity index (χ0v) is 12.2. The van der Waals surface area contributed by atoms with Gasteiger partial charge in [0.05, 0.1) is 5.56 Å². The van der Waals surface area contributed by atoms with Gasteiger partial charge in [0.1, 0.15) is 0 Å². The average Bonchev–Trinajstić information content (AvgIpc) is 2.39. The highest BCUT2D eigenvalue weighted by atomic mass is 79.9. The SMILES string of the molecule is Cc1cccc(C(=O)NCc2cccc(N)c2)c1Br. The number of rotatable bonds is 3. The van der Waals surface area contributed by atoms with Crippen LogP contribution in [0.2, 0.25) is 0 Å². The molecule has 1 amide bonds. The highest BCUT2D eigenvalue weighted by molar-refractivity contribution is 9.10. The number of halogens is 1. The minimum Gasteiger partial charge on any atom is -0.399 e. The fourth-order valence-corrected chi connectivity index (χ4v) is 2.25. The van der Waals surface area contributed by atoms with Crippen molar-refractivity contribution in [3.63, 3.8) is 0 Å². The molecular formula is C15H15BrN2O. The van der Waals surface area contributed by atoms with E-state index in [0.29, 0.717) is 17.8 Å². The third-order valence-electron chi connectivity index (χ3n) is 2.84. The summed E-state index contributed by atoms with van der Waals surface area (Å²) in [6.45, 7) is 2.42. The molecular weight excluding hydrogens is 304 g/mol. The molecule has 0 fully saturated rings. The summed E-state index contributed by atoms with van der Waals surface area (Å²) in [5.74, 6) is -0.0991. The van der Waals surface area contributed by atoms with E-state index in [4.69, 9.17) is 5.73 Å². The predicted octanol–water partition coefficient (Wildman–Crippen LogP) is 3.27. The lowest BCUT2D eigenvalue weighted by Crippen LogP contribution is -2.23. The molecule has 0 spiro atoms. The van der Waals surface area contributed by atoms with Crippen molar-refractivity contribution in [1.82, 2.24) is 5.32 Å². The molecule has 19 heavy (non-hydrogen) atoms. The van der Waals surface area contributed by atoms with Gasteiger partial charge < -0.3 is 11.1 Å². The van der Waals surface area contributed by atoms with Crippen LogP contribution in [0, 0.1) is 6.92 Å². The third-order valence-corrected chi connectivity index (χ3v) is 3.89. The fraction of sp³-hybridized carbons (Fsp3) is 0.133. The number of anilines is 1. The van der Waals surface area contributed by atoms with Gasteiger partial charge in [-0.15, -0.1) is 0 Å². The van der Waals surface area contributed by atoms with Gasteiger partial charge in [-0.3, -0.25) is 4.79 Å². The number of nitrogens with one attached hydrogen (secondary N) is 1. The molecule has 0 saturated heterocycles. The number of hydrogen-bond donors (Lipinski definition) is 2. The topological polar surface area (TPSA) is 55.1 Å². The first kappa shape index (κ1) is 13.6. The van der Waals surface area contributed by atoms with Crippen LogP contribution in [0.4, 0.5) is 5.69 Å². The largest absolute Gasteiger partial charge is 0.399 e. The van der Waals surface area contributed by atoms with E-state index in [1.807, 2.05) is 43.3 Å². The van der Waals surface area contributed by atoms with E-state index in [2.05, 4.69) is 21.2 Å². The minimum absolute atomic E-state index is 0.0991. The summed E-state index contributed by atoms with van der Waals surface area (Å²) < 4.78 is 0.833. The summed E-state index contributed by atoms with van der Waals surface area (Å²) in [5, 5.41) is 2.89. The Balaban J connectivity index is 2.08. The van der Waals surface area contributed by atoms with Crippen LogP contribution in [0.25, 0.3) is 0 Å². The first-order valence-corrected chi connectivity index (χ1v) is 6.75. The molecule has 0 aliphatic rings. The Morgan fingerprint density at radius 2 is 2.00 bits per heavy atom. The fourth-order valence-electron chi connectivity index (χ4n) is 1.80. The van der Waals surface area contributed by atoms with Gasteiger partial charge in [0.2, 0.25) is 0 Å². The van der Waals surface area contributed by atoms with E-state index in [9.17, 15) is 4.79 Å². The van der Waals surface area contributed by atoms with E-state index in [-0.39, 0.29) is 5.91 Å². The van der Waals surface area contributed by atoms with Gasteiger partial charge in [0.25, 0.3) is 5.91 Å². The van der Waals surface area contributed by atoms with Crippen LogP contribution in [-0.4, -0.2) is 5.91 Å². The molecule has 4 heteroatoms. The molecule has 0 aliphatic heterocycles. The van der Waals surface area contributed by atoms with E-state index in [1.165, 1.54) is 0 Å². The van der Waals surface area contributed by atoms with Crippen molar-refractivity contribution in [2.45, 2.75) is 13.5 Å². The second kappa shape index (κ2) is 5.89. The third kappa shape index (κ3) is 3.35. The summed E-state index contributed by atoms with van der Waals surface area (Å²) in [7, 11) is 0. The molecule has 0 heterocycles. The molecule has 3 nitrogen and oxygen atoms in total. The van der Waals surface area contributed by atoms with Gasteiger partial charge in [-0.1, -0.05) is 24.3 Å². The minimum atomic E-state index is -0.0991. The lowest BCUT2D eigenvalue weighted by Gasteiger charge is -2.09. The molecule has 0 bridgehead atoms. The van der Waals surface area contributed by atoms with Crippen molar-refractivity contribution in [3.05, 3.63) is 63.6 Å². The standard InChI is InChI=1S/C15H15BrN2O/c1-10-4-2-7-13(14(10)16)15(19)18-9-11-5-3-6-12(17)8-11/h2-8H,9,17H2,1H3,(H,18,19). The van der Waals surface area contributed by atoms with Crippen LogP contribution in [0.3, 0.4) is 0 Å². The molecule has 2 aromatic carbocycles. The maximum absolute atomic E-state index is 12.1. The number of hydrogen-bond acceptors (Lipinski definition) is 2. The second-order valence-electron chi connectivity index (χ2n) is 4.36. The lowest BCUT2D eigenvalue weighted by molar-refractivity contribution is 0.0950. The average molecular weight is 319 g/mol. The Labute approximate surface area is 121 Å². The van der Waals surface area contributed by atoms with Gasteiger partial charge in [0, 0.05) is 16.7 Å². The first-order chi connectivity index (χ1) is 9.08. The number of amides is 1. The Bertz CT molecular complexity index is 611.